The van der Waals surface area contributed by atoms with Crippen LogP contribution in [0.15, 0.2) is 66.7 Å². The van der Waals surface area contributed by atoms with E-state index in [1.54, 1.807) is 18.2 Å². The first-order chi connectivity index (χ1) is 10.2. The van der Waals surface area contributed by atoms with Gasteiger partial charge in [-0.05, 0) is 29.1 Å². The largest absolute Gasteiger partial charge is 0.508 e. The Balaban J connectivity index is 1.80. The van der Waals surface area contributed by atoms with Crippen molar-refractivity contribution in [1.29, 1.82) is 0 Å². The first kappa shape index (κ1) is 13.2. The van der Waals surface area contributed by atoms with Crippen molar-refractivity contribution in [3.63, 3.8) is 0 Å². The third-order valence-electron chi connectivity index (χ3n) is 3.34. The first-order valence-electron chi connectivity index (χ1n) is 6.78. The van der Waals surface area contributed by atoms with Crippen LogP contribution in [-0.2, 0) is 11.2 Å². The average molecular weight is 277 g/mol. The van der Waals surface area contributed by atoms with E-state index in [1.807, 2.05) is 48.5 Å². The van der Waals surface area contributed by atoms with Crippen molar-refractivity contribution in [2.75, 3.05) is 5.32 Å². The Labute approximate surface area is 122 Å². The summed E-state index contributed by atoms with van der Waals surface area (Å²) >= 11 is 0. The van der Waals surface area contributed by atoms with Crippen LogP contribution in [0.5, 0.6) is 5.75 Å². The van der Waals surface area contributed by atoms with Crippen molar-refractivity contribution in [2.24, 2.45) is 0 Å². The fourth-order valence-corrected chi connectivity index (χ4v) is 2.38. The summed E-state index contributed by atoms with van der Waals surface area (Å²) in [5.74, 6) is 0.0717. The highest BCUT2D eigenvalue weighted by Gasteiger charge is 2.07. The van der Waals surface area contributed by atoms with Crippen LogP contribution >= 0.6 is 0 Å². The number of rotatable bonds is 3. The van der Waals surface area contributed by atoms with Gasteiger partial charge in [-0.2, -0.15) is 0 Å². The summed E-state index contributed by atoms with van der Waals surface area (Å²) in [5, 5.41) is 14.5. The first-order valence-corrected chi connectivity index (χ1v) is 6.78. The van der Waals surface area contributed by atoms with Crippen molar-refractivity contribution in [1.82, 2.24) is 0 Å². The van der Waals surface area contributed by atoms with Gasteiger partial charge in [0.05, 0.1) is 6.42 Å². The zero-order valence-electron chi connectivity index (χ0n) is 11.4. The van der Waals surface area contributed by atoms with Crippen molar-refractivity contribution in [2.45, 2.75) is 6.42 Å². The van der Waals surface area contributed by atoms with Crippen molar-refractivity contribution in [3.05, 3.63) is 72.3 Å². The lowest BCUT2D eigenvalue weighted by Crippen LogP contribution is -2.14. The number of phenols is 1. The molecule has 0 saturated heterocycles. The van der Waals surface area contributed by atoms with Gasteiger partial charge in [0, 0.05) is 11.1 Å². The number of carbonyl (C=O) groups excluding carboxylic acids is 1. The molecule has 3 nitrogen and oxygen atoms in total. The Morgan fingerprint density at radius 1 is 0.952 bits per heavy atom. The third-order valence-corrected chi connectivity index (χ3v) is 3.34. The quantitative estimate of drug-likeness (QED) is 0.766. The van der Waals surface area contributed by atoms with Crippen LogP contribution in [0.4, 0.5) is 5.69 Å². The summed E-state index contributed by atoms with van der Waals surface area (Å²) in [6, 6.07) is 20.5. The number of phenolic OH excluding ortho intramolecular Hbond substituents is 1. The second kappa shape index (κ2) is 5.67. The van der Waals surface area contributed by atoms with E-state index in [2.05, 4.69) is 5.32 Å². The molecular formula is C18H15NO2. The minimum absolute atomic E-state index is 0.100. The molecule has 0 spiro atoms. The molecule has 0 aliphatic carbocycles. The molecule has 104 valence electrons. The van der Waals surface area contributed by atoms with Gasteiger partial charge in [0.15, 0.2) is 0 Å². The van der Waals surface area contributed by atoms with E-state index in [4.69, 9.17) is 0 Å². The summed E-state index contributed by atoms with van der Waals surface area (Å²) in [7, 11) is 0. The molecule has 0 bridgehead atoms. The molecule has 0 radical (unpaired) electrons. The molecule has 3 rings (SSSR count). The zero-order valence-corrected chi connectivity index (χ0v) is 11.4. The van der Waals surface area contributed by atoms with Crippen LogP contribution in [-0.4, -0.2) is 11.0 Å². The smallest absolute Gasteiger partial charge is 0.228 e. The predicted octanol–water partition coefficient (Wildman–Crippen LogP) is 3.73. The van der Waals surface area contributed by atoms with E-state index < -0.39 is 0 Å². The second-order valence-electron chi connectivity index (χ2n) is 4.92. The Morgan fingerprint density at radius 2 is 1.71 bits per heavy atom. The monoisotopic (exact) mass is 277 g/mol. The minimum atomic E-state index is -0.100. The summed E-state index contributed by atoms with van der Waals surface area (Å²) in [6.07, 6.45) is 0.234. The summed E-state index contributed by atoms with van der Waals surface area (Å²) < 4.78 is 0. The van der Waals surface area contributed by atoms with Gasteiger partial charge in [0.1, 0.15) is 5.75 Å². The lowest BCUT2D eigenvalue weighted by molar-refractivity contribution is -0.115. The highest BCUT2D eigenvalue weighted by atomic mass is 16.3. The predicted molar refractivity (Wildman–Crippen MR) is 84.4 cm³/mol. The van der Waals surface area contributed by atoms with E-state index in [0.717, 1.165) is 22.0 Å². The van der Waals surface area contributed by atoms with Gasteiger partial charge >= 0.3 is 0 Å². The zero-order chi connectivity index (χ0) is 14.7. The van der Waals surface area contributed by atoms with Crippen LogP contribution in [0.25, 0.3) is 10.8 Å². The maximum absolute atomic E-state index is 12.1. The van der Waals surface area contributed by atoms with E-state index in [1.165, 1.54) is 0 Å². The lowest BCUT2D eigenvalue weighted by atomic mass is 10.1. The normalized spacial score (nSPS) is 10.5. The molecule has 0 heterocycles. The maximum Gasteiger partial charge on any atom is 0.228 e. The standard InChI is InChI=1S/C18H15NO2/c20-15-8-3-5-13(11-15)12-18(21)19-17-10-4-7-14-6-1-2-9-16(14)17/h1-11,20H,12H2,(H,19,21). The molecule has 21 heavy (non-hydrogen) atoms. The Bertz CT molecular complexity index is 791. The summed E-state index contributed by atoms with van der Waals surface area (Å²) in [5.41, 5.74) is 1.59. The number of hydrogen-bond donors (Lipinski definition) is 2. The van der Waals surface area contributed by atoms with Crippen LogP contribution < -0.4 is 5.32 Å². The molecular weight excluding hydrogens is 262 g/mol. The molecule has 0 aromatic heterocycles. The Hall–Kier alpha value is -2.81. The highest BCUT2D eigenvalue weighted by molar-refractivity contribution is 6.02. The fraction of sp³-hybridized carbons (Fsp3) is 0.0556. The summed E-state index contributed by atoms with van der Waals surface area (Å²) in [6.45, 7) is 0. The number of nitrogens with one attached hydrogen (secondary N) is 1. The molecule has 2 N–H and O–H groups in total. The molecule has 3 aromatic carbocycles. The van der Waals surface area contributed by atoms with Crippen LogP contribution in [0, 0.1) is 0 Å². The van der Waals surface area contributed by atoms with Gasteiger partial charge < -0.3 is 10.4 Å². The minimum Gasteiger partial charge on any atom is -0.508 e. The van der Waals surface area contributed by atoms with Crippen molar-refractivity contribution >= 4 is 22.4 Å². The lowest BCUT2D eigenvalue weighted by Gasteiger charge is -2.09. The highest BCUT2D eigenvalue weighted by Crippen LogP contribution is 2.23. The van der Waals surface area contributed by atoms with E-state index in [0.29, 0.717) is 0 Å². The molecule has 0 saturated carbocycles. The second-order valence-corrected chi connectivity index (χ2v) is 4.92. The van der Waals surface area contributed by atoms with Gasteiger partial charge in [-0.15, -0.1) is 0 Å². The number of amides is 1. The van der Waals surface area contributed by atoms with E-state index in [-0.39, 0.29) is 18.1 Å². The number of anilines is 1. The van der Waals surface area contributed by atoms with Gasteiger partial charge in [0.2, 0.25) is 5.91 Å². The third kappa shape index (κ3) is 3.03. The molecule has 0 fully saturated rings. The maximum atomic E-state index is 12.1. The number of fused-ring (bicyclic) bond motifs is 1. The number of hydrogen-bond acceptors (Lipinski definition) is 2. The van der Waals surface area contributed by atoms with Gasteiger partial charge in [-0.25, -0.2) is 0 Å². The van der Waals surface area contributed by atoms with Gasteiger partial charge in [-0.1, -0.05) is 48.5 Å². The average Bonchev–Trinajstić information content (AvgIpc) is 2.47. The van der Waals surface area contributed by atoms with E-state index in [9.17, 15) is 9.90 Å². The molecule has 0 atom stereocenters. The number of benzene rings is 3. The van der Waals surface area contributed by atoms with Crippen LogP contribution in [0.2, 0.25) is 0 Å². The Morgan fingerprint density at radius 3 is 2.57 bits per heavy atom. The number of carbonyl (C=O) groups is 1. The summed E-state index contributed by atoms with van der Waals surface area (Å²) in [4.78, 5) is 12.1. The molecule has 0 aliphatic rings. The van der Waals surface area contributed by atoms with Crippen molar-refractivity contribution < 1.29 is 9.90 Å². The molecule has 3 aromatic rings. The van der Waals surface area contributed by atoms with Crippen LogP contribution in [0.3, 0.4) is 0 Å². The molecule has 0 aliphatic heterocycles. The Kier molecular flexibility index (Phi) is 3.56. The van der Waals surface area contributed by atoms with E-state index >= 15 is 0 Å². The van der Waals surface area contributed by atoms with Gasteiger partial charge in [0.25, 0.3) is 0 Å². The molecule has 1 amide bonds. The molecule has 0 unspecified atom stereocenters. The van der Waals surface area contributed by atoms with Crippen molar-refractivity contribution in [3.8, 4) is 5.75 Å². The molecule has 3 heteroatoms. The fourth-order valence-electron chi connectivity index (χ4n) is 2.38. The number of aromatic hydroxyl groups is 1. The van der Waals surface area contributed by atoms with Gasteiger partial charge in [-0.3, -0.25) is 4.79 Å². The van der Waals surface area contributed by atoms with Crippen LogP contribution in [0.1, 0.15) is 5.56 Å². The SMILES string of the molecule is O=C(Cc1cccc(O)c1)Nc1cccc2ccccc12. The topological polar surface area (TPSA) is 49.3 Å².